The molecule has 0 aromatic carbocycles. The average molecular weight is 564 g/mol. The Hall–Kier alpha value is -0.640. The van der Waals surface area contributed by atoms with Crippen LogP contribution >= 0.6 is 23.6 Å². The van der Waals surface area contributed by atoms with E-state index in [1.807, 2.05) is 0 Å². The van der Waals surface area contributed by atoms with Crippen LogP contribution in [0, 0.1) is 23.7 Å². The molecule has 37 heavy (non-hydrogen) atoms. The molecule has 0 spiro atoms. The van der Waals surface area contributed by atoms with Gasteiger partial charge in [0.1, 0.15) is 0 Å². The number of rotatable bonds is 20. The van der Waals surface area contributed by atoms with E-state index in [9.17, 15) is 9.59 Å². The second kappa shape index (κ2) is 17.1. The third-order valence-corrected chi connectivity index (χ3v) is 8.66. The van der Waals surface area contributed by atoms with E-state index in [1.54, 1.807) is 0 Å². The van der Waals surface area contributed by atoms with Crippen LogP contribution in [0.3, 0.4) is 0 Å². The maximum atomic E-state index is 13.4. The summed E-state index contributed by atoms with van der Waals surface area (Å²) < 4.78 is 12.7. The van der Waals surface area contributed by atoms with Gasteiger partial charge in [0.2, 0.25) is 11.8 Å². The number of unbranched alkanes of at least 4 members (excludes halogenated alkanes) is 8. The largest absolute Gasteiger partial charge is 0.356 e. The van der Waals surface area contributed by atoms with Gasteiger partial charge in [-0.3, -0.25) is 9.59 Å². The molecule has 214 valence electrons. The van der Waals surface area contributed by atoms with Crippen LogP contribution in [-0.4, -0.2) is 56.5 Å². The zero-order chi connectivity index (χ0) is 26.5. The number of hydrogen-bond donors (Lipinski definition) is 4. The first-order valence-corrected chi connectivity index (χ1v) is 15.4. The van der Waals surface area contributed by atoms with Crippen molar-refractivity contribution in [1.29, 1.82) is 0 Å². The zero-order valence-corrected chi connectivity index (χ0v) is 24.0. The summed E-state index contributed by atoms with van der Waals surface area (Å²) in [5.41, 5.74) is 0. The van der Waals surface area contributed by atoms with E-state index in [4.69, 9.17) is 33.0 Å². The van der Waals surface area contributed by atoms with Gasteiger partial charge in [0.15, 0.2) is 6.29 Å². The SMILES string of the molecule is CCCCCCCC1OC2C3CC(C2O1)C(C(=O)NCCCCCNCl)C3C(=O)NCCCCCNCl. The van der Waals surface area contributed by atoms with E-state index in [1.165, 1.54) is 25.7 Å². The van der Waals surface area contributed by atoms with Gasteiger partial charge in [0.05, 0.1) is 24.0 Å². The summed E-state index contributed by atoms with van der Waals surface area (Å²) in [5.74, 6) is -0.675. The normalized spacial score (nSPS) is 30.0. The Morgan fingerprint density at radius 3 is 1.62 bits per heavy atom. The van der Waals surface area contributed by atoms with Crippen molar-refractivity contribution in [2.24, 2.45) is 23.7 Å². The molecule has 0 aromatic heterocycles. The Bertz CT molecular complexity index is 641. The Balaban J connectivity index is 1.55. The number of ether oxygens (including phenoxy) is 2. The molecule has 0 radical (unpaired) electrons. The average Bonchev–Trinajstić information content (AvgIpc) is 3.58. The Morgan fingerprint density at radius 1 is 0.676 bits per heavy atom. The molecule has 3 aliphatic rings. The number of carbonyl (C=O) groups is 2. The highest BCUT2D eigenvalue weighted by atomic mass is 35.5. The highest BCUT2D eigenvalue weighted by molar-refractivity contribution is 6.13. The topological polar surface area (TPSA) is 101 Å². The second-order valence-corrected chi connectivity index (χ2v) is 11.5. The van der Waals surface area contributed by atoms with E-state index >= 15 is 0 Å². The fraction of sp³-hybridized carbons (Fsp3) is 0.926. The molecule has 2 aliphatic carbocycles. The van der Waals surface area contributed by atoms with Crippen LogP contribution in [0.1, 0.15) is 90.4 Å². The molecule has 6 unspecified atom stereocenters. The number of hydrogen-bond acceptors (Lipinski definition) is 6. The third kappa shape index (κ3) is 8.94. The van der Waals surface area contributed by atoms with Gasteiger partial charge >= 0.3 is 0 Å². The van der Waals surface area contributed by atoms with Crippen LogP contribution in [0.15, 0.2) is 0 Å². The van der Waals surface area contributed by atoms with Crippen molar-refractivity contribution in [1.82, 2.24) is 20.3 Å². The maximum absolute atomic E-state index is 13.4. The maximum Gasteiger partial charge on any atom is 0.224 e. The molecule has 1 aliphatic heterocycles. The lowest BCUT2D eigenvalue weighted by Gasteiger charge is -2.34. The van der Waals surface area contributed by atoms with Gasteiger partial charge in [-0.1, -0.05) is 45.4 Å². The fourth-order valence-corrected chi connectivity index (χ4v) is 6.72. The monoisotopic (exact) mass is 562 g/mol. The second-order valence-electron chi connectivity index (χ2n) is 10.9. The molecule has 8 nitrogen and oxygen atoms in total. The van der Waals surface area contributed by atoms with Crippen molar-refractivity contribution in [3.8, 4) is 0 Å². The molecular weight excluding hydrogens is 515 g/mol. The minimum Gasteiger partial charge on any atom is -0.356 e. The Kier molecular flexibility index (Phi) is 14.3. The number of fused-ring (bicyclic) bond motifs is 5. The third-order valence-electron chi connectivity index (χ3n) is 8.28. The molecule has 2 saturated carbocycles. The zero-order valence-electron chi connectivity index (χ0n) is 22.5. The van der Waals surface area contributed by atoms with Crippen molar-refractivity contribution in [2.45, 2.75) is 109 Å². The van der Waals surface area contributed by atoms with Crippen LogP contribution in [0.2, 0.25) is 0 Å². The number of amides is 2. The van der Waals surface area contributed by atoms with Crippen LogP contribution in [0.4, 0.5) is 0 Å². The summed E-state index contributed by atoms with van der Waals surface area (Å²) in [6.07, 6.45) is 13.1. The minimum absolute atomic E-state index is 0.0126. The first-order valence-electron chi connectivity index (χ1n) is 14.7. The van der Waals surface area contributed by atoms with E-state index in [-0.39, 0.29) is 54.0 Å². The molecule has 10 heteroatoms. The van der Waals surface area contributed by atoms with Gasteiger partial charge < -0.3 is 20.1 Å². The summed E-state index contributed by atoms with van der Waals surface area (Å²) in [7, 11) is 0. The molecule has 6 atom stereocenters. The lowest BCUT2D eigenvalue weighted by Crippen LogP contribution is -2.52. The minimum atomic E-state index is -0.358. The molecule has 2 amide bonds. The van der Waals surface area contributed by atoms with Gasteiger partial charge in [-0.25, -0.2) is 9.67 Å². The fourth-order valence-electron chi connectivity index (χ4n) is 6.46. The summed E-state index contributed by atoms with van der Waals surface area (Å²) >= 11 is 11.0. The molecule has 0 aromatic rings. The molecular formula is C27H48Cl2N4O4. The number of halogens is 2. The molecule has 2 bridgehead atoms. The van der Waals surface area contributed by atoms with E-state index in [0.29, 0.717) is 13.1 Å². The highest BCUT2D eigenvalue weighted by Crippen LogP contribution is 2.57. The molecule has 3 rings (SSSR count). The van der Waals surface area contributed by atoms with Crippen LogP contribution < -0.4 is 20.3 Å². The predicted octanol–water partition coefficient (Wildman–Crippen LogP) is 4.40. The summed E-state index contributed by atoms with van der Waals surface area (Å²) in [5, 5.41) is 6.24. The van der Waals surface area contributed by atoms with Gasteiger partial charge in [0.25, 0.3) is 0 Å². The van der Waals surface area contributed by atoms with Crippen LogP contribution in [0.25, 0.3) is 0 Å². The molecule has 4 N–H and O–H groups in total. The van der Waals surface area contributed by atoms with Gasteiger partial charge in [-0.2, -0.15) is 0 Å². The molecule has 1 heterocycles. The number of carbonyl (C=O) groups excluding carboxylic acids is 2. The van der Waals surface area contributed by atoms with Gasteiger partial charge in [-0.15, -0.1) is 0 Å². The standard InChI is InChI=1S/C27H48Cl2N4O4/c1-2-3-4-5-8-13-21-36-24-19-18-20(25(24)37-21)23(27(35)31-15-10-7-12-17-33-29)22(19)26(34)30-14-9-6-11-16-32-28/h19-25,32-33H,2-18H2,1H3,(H,30,34)(H,31,35). The first-order chi connectivity index (χ1) is 18.1. The van der Waals surface area contributed by atoms with Crippen molar-refractivity contribution in [3.63, 3.8) is 0 Å². The van der Waals surface area contributed by atoms with Crippen molar-refractivity contribution in [2.75, 3.05) is 26.2 Å². The van der Waals surface area contributed by atoms with Crippen molar-refractivity contribution >= 4 is 35.4 Å². The van der Waals surface area contributed by atoms with Crippen LogP contribution in [-0.2, 0) is 19.1 Å². The quantitative estimate of drug-likeness (QED) is 0.130. The molecule has 3 fully saturated rings. The number of nitrogens with one attached hydrogen (secondary N) is 4. The van der Waals surface area contributed by atoms with E-state index < -0.39 is 0 Å². The van der Waals surface area contributed by atoms with Crippen molar-refractivity contribution in [3.05, 3.63) is 0 Å². The van der Waals surface area contributed by atoms with E-state index in [2.05, 4.69) is 27.2 Å². The van der Waals surface area contributed by atoms with Gasteiger partial charge in [0, 0.05) is 38.0 Å². The highest BCUT2D eigenvalue weighted by Gasteiger charge is 2.66. The van der Waals surface area contributed by atoms with Crippen LogP contribution in [0.5, 0.6) is 0 Å². The van der Waals surface area contributed by atoms with E-state index in [0.717, 1.165) is 70.9 Å². The summed E-state index contributed by atoms with van der Waals surface area (Å²) in [6, 6.07) is 0. The predicted molar refractivity (Wildman–Crippen MR) is 147 cm³/mol. The van der Waals surface area contributed by atoms with Gasteiger partial charge in [-0.05, 0) is 68.5 Å². The lowest BCUT2D eigenvalue weighted by atomic mass is 9.75. The smallest absolute Gasteiger partial charge is 0.224 e. The summed E-state index contributed by atoms with van der Waals surface area (Å²) in [4.78, 5) is 32.0. The lowest BCUT2D eigenvalue weighted by molar-refractivity contribution is -0.140. The Labute approximate surface area is 233 Å². The van der Waals surface area contributed by atoms with Crippen molar-refractivity contribution < 1.29 is 19.1 Å². The molecule has 1 saturated heterocycles. The Morgan fingerprint density at radius 2 is 1.14 bits per heavy atom. The summed E-state index contributed by atoms with van der Waals surface area (Å²) in [6.45, 7) is 4.96. The first kappa shape index (κ1) is 30.9.